The summed E-state index contributed by atoms with van der Waals surface area (Å²) in [5.41, 5.74) is 0.614. The zero-order valence-corrected chi connectivity index (χ0v) is 15.3. The van der Waals surface area contributed by atoms with Crippen molar-refractivity contribution >= 4 is 49.7 Å². The summed E-state index contributed by atoms with van der Waals surface area (Å²) >= 11 is 2.12. The second-order valence-corrected chi connectivity index (χ2v) is 8.20. The van der Waals surface area contributed by atoms with Crippen molar-refractivity contribution in [3.05, 3.63) is 28.1 Å². The highest BCUT2D eigenvalue weighted by Gasteiger charge is 2.17. The first-order chi connectivity index (χ1) is 11.2. The van der Waals surface area contributed by atoms with E-state index in [-0.39, 0.29) is 22.3 Å². The molecule has 2 aromatic heterocycles. The fourth-order valence-electron chi connectivity index (χ4n) is 1.77. The Balaban J connectivity index is 2.01. The first kappa shape index (κ1) is 18.5. The molecule has 24 heavy (non-hydrogen) atoms. The Hall–Kier alpha value is -1.82. The molecular weight excluding hydrogens is 374 g/mol. The molecule has 0 saturated carbocycles. The Morgan fingerprint density at radius 2 is 2.04 bits per heavy atom. The average molecular weight is 389 g/mol. The van der Waals surface area contributed by atoms with Crippen molar-refractivity contribution in [3.8, 4) is 0 Å². The number of carbonyl (C=O) groups is 2. The number of hydrogen-bond donors (Lipinski definition) is 1. The van der Waals surface area contributed by atoms with Crippen LogP contribution in [-0.2, 0) is 26.2 Å². The van der Waals surface area contributed by atoms with Gasteiger partial charge in [0.1, 0.15) is 10.8 Å². The quantitative estimate of drug-likeness (QED) is 0.749. The summed E-state index contributed by atoms with van der Waals surface area (Å²) in [6.07, 6.45) is 0. The number of carbonyl (C=O) groups excluding carboxylic acids is 2. The van der Waals surface area contributed by atoms with E-state index in [1.54, 1.807) is 5.38 Å². The number of anilines is 1. The third-order valence-electron chi connectivity index (χ3n) is 2.91. The monoisotopic (exact) mass is 389 g/mol. The molecule has 0 aliphatic heterocycles. The molecule has 11 heteroatoms. The molecule has 2 rings (SSSR count). The molecule has 130 valence electrons. The van der Waals surface area contributed by atoms with Crippen LogP contribution < -0.4 is 10.0 Å². The molecular formula is C13H15N3O5S3. The predicted molar refractivity (Wildman–Crippen MR) is 90.6 cm³/mol. The molecule has 0 saturated heterocycles. The van der Waals surface area contributed by atoms with Gasteiger partial charge in [0.25, 0.3) is 0 Å². The van der Waals surface area contributed by atoms with Crippen molar-refractivity contribution < 1.29 is 22.7 Å². The summed E-state index contributed by atoms with van der Waals surface area (Å²) in [5, 5.41) is 8.58. The Morgan fingerprint density at radius 3 is 2.58 bits per heavy atom. The van der Waals surface area contributed by atoms with E-state index in [9.17, 15) is 18.0 Å². The van der Waals surface area contributed by atoms with E-state index in [2.05, 4.69) is 4.98 Å². The summed E-state index contributed by atoms with van der Waals surface area (Å²) in [5.74, 6) is -0.793. The molecule has 8 nitrogen and oxygen atoms in total. The number of ether oxygens (including phenoxy) is 1. The summed E-state index contributed by atoms with van der Waals surface area (Å²) < 4.78 is 27.4. The van der Waals surface area contributed by atoms with Crippen LogP contribution >= 0.6 is 22.7 Å². The number of thiazole rings is 1. The number of amides is 1. The van der Waals surface area contributed by atoms with Crippen LogP contribution in [0.4, 0.5) is 5.13 Å². The van der Waals surface area contributed by atoms with Gasteiger partial charge in [-0.25, -0.2) is 23.3 Å². The lowest BCUT2D eigenvalue weighted by Gasteiger charge is -2.14. The minimum Gasteiger partial charge on any atom is -0.456 e. The molecule has 2 heterocycles. The van der Waals surface area contributed by atoms with Gasteiger partial charge in [-0.2, -0.15) is 0 Å². The molecule has 0 fully saturated rings. The van der Waals surface area contributed by atoms with Crippen molar-refractivity contribution in [2.24, 2.45) is 5.14 Å². The van der Waals surface area contributed by atoms with Crippen LogP contribution in [0.1, 0.15) is 29.9 Å². The van der Waals surface area contributed by atoms with E-state index in [0.717, 1.165) is 11.3 Å². The molecule has 0 aromatic carbocycles. The van der Waals surface area contributed by atoms with E-state index in [0.29, 0.717) is 17.4 Å². The van der Waals surface area contributed by atoms with Gasteiger partial charge in [0.2, 0.25) is 15.9 Å². The van der Waals surface area contributed by atoms with E-state index < -0.39 is 16.0 Å². The van der Waals surface area contributed by atoms with Gasteiger partial charge in [-0.1, -0.05) is 0 Å². The van der Waals surface area contributed by atoms with Gasteiger partial charge in [-0.3, -0.25) is 9.69 Å². The van der Waals surface area contributed by atoms with Crippen molar-refractivity contribution in [1.29, 1.82) is 0 Å². The largest absolute Gasteiger partial charge is 0.456 e. The first-order valence-corrected chi connectivity index (χ1v) is 10.0. The second kappa shape index (κ2) is 7.38. The third-order valence-corrected chi connectivity index (χ3v) is 6.21. The number of rotatable bonds is 6. The minimum absolute atomic E-state index is 0.0780. The van der Waals surface area contributed by atoms with Crippen LogP contribution in [0.2, 0.25) is 0 Å². The lowest BCUT2D eigenvalue weighted by Crippen LogP contribution is -2.27. The summed E-state index contributed by atoms with van der Waals surface area (Å²) in [6, 6.07) is 1.17. The Kier molecular flexibility index (Phi) is 5.70. The SMILES string of the molecule is CCN(C(C)=O)c1nc(COC(=O)c2csc(S(N)(=O)=O)c2)cs1. The average Bonchev–Trinajstić information content (AvgIpc) is 3.14. The van der Waals surface area contributed by atoms with Crippen LogP contribution in [0.25, 0.3) is 0 Å². The van der Waals surface area contributed by atoms with Gasteiger partial charge in [0.05, 0.1) is 11.3 Å². The predicted octanol–water partition coefficient (Wildman–Crippen LogP) is 1.58. The van der Waals surface area contributed by atoms with Crippen molar-refractivity contribution in [2.75, 3.05) is 11.4 Å². The van der Waals surface area contributed by atoms with E-state index in [1.807, 2.05) is 6.92 Å². The molecule has 0 spiro atoms. The summed E-state index contributed by atoms with van der Waals surface area (Å²) in [6.45, 7) is 3.70. The van der Waals surface area contributed by atoms with Crippen molar-refractivity contribution in [3.63, 3.8) is 0 Å². The molecule has 0 aliphatic carbocycles. The van der Waals surface area contributed by atoms with Gasteiger partial charge in [-0.15, -0.1) is 22.7 Å². The van der Waals surface area contributed by atoms with E-state index >= 15 is 0 Å². The lowest BCUT2D eigenvalue weighted by molar-refractivity contribution is -0.116. The third kappa shape index (κ3) is 4.38. The van der Waals surface area contributed by atoms with Gasteiger partial charge in [-0.05, 0) is 13.0 Å². The van der Waals surface area contributed by atoms with Gasteiger partial charge >= 0.3 is 5.97 Å². The lowest BCUT2D eigenvalue weighted by atomic mass is 10.3. The molecule has 2 aromatic rings. The Bertz CT molecular complexity index is 856. The number of primary sulfonamides is 1. The van der Waals surface area contributed by atoms with Gasteiger partial charge in [0.15, 0.2) is 5.13 Å². The molecule has 0 radical (unpaired) electrons. The van der Waals surface area contributed by atoms with E-state index in [1.165, 1.54) is 34.6 Å². The van der Waals surface area contributed by atoms with Crippen molar-refractivity contribution in [2.45, 2.75) is 24.7 Å². The molecule has 1 amide bonds. The molecule has 0 unspecified atom stereocenters. The number of sulfonamides is 1. The van der Waals surface area contributed by atoms with Crippen LogP contribution in [0.15, 0.2) is 21.0 Å². The topological polar surface area (TPSA) is 120 Å². The van der Waals surface area contributed by atoms with E-state index in [4.69, 9.17) is 9.88 Å². The number of nitrogens with two attached hydrogens (primary N) is 1. The van der Waals surface area contributed by atoms with Gasteiger partial charge in [0, 0.05) is 24.2 Å². The minimum atomic E-state index is -3.84. The van der Waals surface area contributed by atoms with Crippen LogP contribution in [-0.4, -0.2) is 31.8 Å². The maximum absolute atomic E-state index is 11.9. The zero-order valence-electron chi connectivity index (χ0n) is 12.9. The molecule has 0 atom stereocenters. The number of esters is 1. The summed E-state index contributed by atoms with van der Waals surface area (Å²) in [4.78, 5) is 29.1. The summed E-state index contributed by atoms with van der Waals surface area (Å²) in [7, 11) is -3.84. The first-order valence-electron chi connectivity index (χ1n) is 6.73. The Labute approximate surface area is 146 Å². The standard InChI is InChI=1S/C13H15N3O5S3/c1-3-16(8(2)17)13-15-10(7-23-13)5-21-12(18)9-4-11(22-6-9)24(14,19)20/h4,6-7H,3,5H2,1-2H3,(H2,14,19,20). The molecule has 0 bridgehead atoms. The molecule has 2 N–H and O–H groups in total. The highest BCUT2D eigenvalue weighted by atomic mass is 32.2. The fourth-order valence-corrected chi connectivity index (χ4v) is 4.27. The normalized spacial score (nSPS) is 11.3. The van der Waals surface area contributed by atoms with Gasteiger partial charge < -0.3 is 4.74 Å². The second-order valence-electron chi connectivity index (χ2n) is 4.66. The maximum Gasteiger partial charge on any atom is 0.339 e. The Morgan fingerprint density at radius 1 is 1.33 bits per heavy atom. The highest BCUT2D eigenvalue weighted by molar-refractivity contribution is 7.91. The fraction of sp³-hybridized carbons (Fsp3) is 0.308. The number of thiophene rings is 1. The number of nitrogens with zero attached hydrogens (tertiary/aromatic N) is 2. The van der Waals surface area contributed by atoms with Crippen LogP contribution in [0, 0.1) is 0 Å². The van der Waals surface area contributed by atoms with Crippen molar-refractivity contribution in [1.82, 2.24) is 4.98 Å². The van der Waals surface area contributed by atoms with Crippen LogP contribution in [0.5, 0.6) is 0 Å². The highest BCUT2D eigenvalue weighted by Crippen LogP contribution is 2.22. The zero-order chi connectivity index (χ0) is 17.9. The number of hydrogen-bond acceptors (Lipinski definition) is 8. The smallest absolute Gasteiger partial charge is 0.339 e. The number of aromatic nitrogens is 1. The molecule has 0 aliphatic rings. The van der Waals surface area contributed by atoms with Crippen LogP contribution in [0.3, 0.4) is 0 Å². The maximum atomic E-state index is 11.9.